The summed E-state index contributed by atoms with van der Waals surface area (Å²) in [4.78, 5) is 13.3. The van der Waals surface area contributed by atoms with Crippen molar-refractivity contribution in [3.8, 4) is 5.75 Å². The van der Waals surface area contributed by atoms with Crippen LogP contribution in [0, 0.1) is 0 Å². The van der Waals surface area contributed by atoms with Crippen LogP contribution >= 0.6 is 0 Å². The Labute approximate surface area is 130 Å². The van der Waals surface area contributed by atoms with Gasteiger partial charge in [0.2, 0.25) is 5.91 Å². The molecule has 1 aliphatic carbocycles. The van der Waals surface area contributed by atoms with Crippen LogP contribution in [0.5, 0.6) is 5.75 Å². The van der Waals surface area contributed by atoms with Crippen LogP contribution in [0.1, 0.15) is 13.3 Å². The highest BCUT2D eigenvalue weighted by molar-refractivity contribution is 5.73. The molecule has 6 nitrogen and oxygen atoms in total. The molecule has 0 spiro atoms. The Morgan fingerprint density at radius 3 is 2.68 bits per heavy atom. The molecule has 22 heavy (non-hydrogen) atoms. The summed E-state index contributed by atoms with van der Waals surface area (Å²) in [6, 6.07) is 8.82. The van der Waals surface area contributed by atoms with Crippen LogP contribution in [-0.2, 0) is 4.79 Å². The van der Waals surface area contributed by atoms with Gasteiger partial charge in [-0.25, -0.2) is 0 Å². The van der Waals surface area contributed by atoms with Gasteiger partial charge in [-0.05, 0) is 19.2 Å². The van der Waals surface area contributed by atoms with Gasteiger partial charge < -0.3 is 20.3 Å². The van der Waals surface area contributed by atoms with E-state index in [2.05, 4.69) is 5.32 Å². The Kier molecular flexibility index (Phi) is 5.76. The smallest absolute Gasteiger partial charge is 0.217 e. The molecule has 0 saturated heterocycles. The van der Waals surface area contributed by atoms with E-state index in [-0.39, 0.29) is 24.6 Å². The van der Waals surface area contributed by atoms with E-state index in [0.717, 1.165) is 0 Å². The molecule has 3 N–H and O–H groups in total. The van der Waals surface area contributed by atoms with Gasteiger partial charge in [-0.15, -0.1) is 0 Å². The minimum absolute atomic E-state index is 0.00325. The van der Waals surface area contributed by atoms with E-state index < -0.39 is 12.2 Å². The molecule has 1 fully saturated rings. The molecular formula is C16H24N2O4. The largest absolute Gasteiger partial charge is 0.488 e. The van der Waals surface area contributed by atoms with Gasteiger partial charge >= 0.3 is 0 Å². The van der Waals surface area contributed by atoms with Crippen molar-refractivity contribution in [2.45, 2.75) is 37.6 Å². The summed E-state index contributed by atoms with van der Waals surface area (Å²) < 4.78 is 5.87. The highest BCUT2D eigenvalue weighted by Crippen LogP contribution is 2.28. The fourth-order valence-corrected chi connectivity index (χ4v) is 3.06. The number of amides is 1. The quantitative estimate of drug-likeness (QED) is 0.689. The Balaban J connectivity index is 2.11. The number of ether oxygens (including phenoxy) is 1. The van der Waals surface area contributed by atoms with E-state index >= 15 is 0 Å². The topological polar surface area (TPSA) is 82.0 Å². The SMILES string of the molecule is CC(=O)N[C@@H]1C[C@@H](Oc2ccccc2)[C@H](O)[C@H]1N(C)CCO. The predicted octanol–water partition coefficient (Wildman–Crippen LogP) is -0.00400. The van der Waals surface area contributed by atoms with E-state index in [9.17, 15) is 9.90 Å². The van der Waals surface area contributed by atoms with Crippen molar-refractivity contribution in [1.29, 1.82) is 0 Å². The van der Waals surface area contributed by atoms with Gasteiger partial charge in [0.25, 0.3) is 0 Å². The molecule has 1 amide bonds. The average Bonchev–Trinajstić information content (AvgIpc) is 2.75. The number of nitrogens with zero attached hydrogens (tertiary/aromatic N) is 1. The standard InChI is InChI=1S/C16H24N2O4/c1-11(20)17-13-10-14(22-12-6-4-3-5-7-12)16(21)15(13)18(2)8-9-19/h3-7,13-16,19,21H,8-10H2,1-2H3,(H,17,20)/t13-,14-,15+,16+/m1/s1. The molecule has 0 radical (unpaired) electrons. The molecule has 122 valence electrons. The van der Waals surface area contributed by atoms with E-state index in [1.54, 1.807) is 0 Å². The number of hydrogen-bond donors (Lipinski definition) is 3. The van der Waals surface area contributed by atoms with E-state index in [4.69, 9.17) is 9.84 Å². The summed E-state index contributed by atoms with van der Waals surface area (Å²) in [5, 5.41) is 22.6. The van der Waals surface area contributed by atoms with Crippen molar-refractivity contribution < 1.29 is 19.7 Å². The molecule has 1 saturated carbocycles. The van der Waals surface area contributed by atoms with Gasteiger partial charge in [0.1, 0.15) is 18.0 Å². The van der Waals surface area contributed by atoms with Crippen molar-refractivity contribution in [1.82, 2.24) is 10.2 Å². The van der Waals surface area contributed by atoms with Crippen LogP contribution in [0.4, 0.5) is 0 Å². The Morgan fingerprint density at radius 2 is 2.09 bits per heavy atom. The molecule has 1 aliphatic rings. The summed E-state index contributed by atoms with van der Waals surface area (Å²) in [5.41, 5.74) is 0. The Hall–Kier alpha value is -1.63. The molecule has 1 aromatic rings. The number of carbonyl (C=O) groups excluding carboxylic acids is 1. The zero-order valence-corrected chi connectivity index (χ0v) is 13.0. The summed E-state index contributed by atoms with van der Waals surface area (Å²) in [5.74, 6) is 0.554. The molecule has 0 bridgehead atoms. The molecule has 6 heteroatoms. The molecule has 4 atom stereocenters. The van der Waals surface area contributed by atoms with Gasteiger partial charge in [0.05, 0.1) is 18.7 Å². The number of nitrogens with one attached hydrogen (secondary N) is 1. The highest BCUT2D eigenvalue weighted by atomic mass is 16.5. The van der Waals surface area contributed by atoms with E-state index in [0.29, 0.717) is 18.7 Å². The summed E-state index contributed by atoms with van der Waals surface area (Å²) >= 11 is 0. The van der Waals surface area contributed by atoms with Crippen LogP contribution in [0.25, 0.3) is 0 Å². The number of aliphatic hydroxyl groups is 2. The second-order valence-electron chi connectivity index (χ2n) is 5.70. The number of carbonyl (C=O) groups is 1. The molecule has 0 aliphatic heterocycles. The molecule has 1 aromatic carbocycles. The molecular weight excluding hydrogens is 284 g/mol. The first-order chi connectivity index (χ1) is 10.5. The Morgan fingerprint density at radius 1 is 1.41 bits per heavy atom. The number of hydrogen-bond acceptors (Lipinski definition) is 5. The Bertz CT molecular complexity index is 482. The van der Waals surface area contributed by atoms with Crippen molar-refractivity contribution in [3.63, 3.8) is 0 Å². The first-order valence-electron chi connectivity index (χ1n) is 7.51. The highest BCUT2D eigenvalue weighted by Gasteiger charge is 2.46. The van der Waals surface area contributed by atoms with Crippen LogP contribution in [0.15, 0.2) is 30.3 Å². The fourth-order valence-electron chi connectivity index (χ4n) is 3.06. The number of aliphatic hydroxyl groups excluding tert-OH is 2. The van der Waals surface area contributed by atoms with Gasteiger partial charge in [-0.2, -0.15) is 0 Å². The number of para-hydroxylation sites is 1. The number of likely N-dealkylation sites (N-methyl/N-ethyl adjacent to an activating group) is 1. The van der Waals surface area contributed by atoms with E-state index in [1.165, 1.54) is 6.92 Å². The number of benzene rings is 1. The predicted molar refractivity (Wildman–Crippen MR) is 82.6 cm³/mol. The van der Waals surface area contributed by atoms with Crippen LogP contribution < -0.4 is 10.1 Å². The van der Waals surface area contributed by atoms with Gasteiger partial charge in [0, 0.05) is 19.9 Å². The maximum Gasteiger partial charge on any atom is 0.217 e. The lowest BCUT2D eigenvalue weighted by Gasteiger charge is -2.31. The lowest BCUT2D eigenvalue weighted by atomic mass is 10.1. The van der Waals surface area contributed by atoms with Crippen molar-refractivity contribution in [3.05, 3.63) is 30.3 Å². The normalized spacial score (nSPS) is 27.9. The van der Waals surface area contributed by atoms with Gasteiger partial charge in [0.15, 0.2) is 0 Å². The maximum atomic E-state index is 11.4. The summed E-state index contributed by atoms with van der Waals surface area (Å²) in [7, 11) is 1.82. The van der Waals surface area contributed by atoms with Gasteiger partial charge in [-0.3, -0.25) is 9.69 Å². The molecule has 0 aromatic heterocycles. The van der Waals surface area contributed by atoms with Crippen LogP contribution in [0.3, 0.4) is 0 Å². The second kappa shape index (κ2) is 7.58. The third-order valence-electron chi connectivity index (χ3n) is 4.01. The zero-order valence-electron chi connectivity index (χ0n) is 13.0. The third-order valence-corrected chi connectivity index (χ3v) is 4.01. The van der Waals surface area contributed by atoms with Crippen molar-refractivity contribution in [2.75, 3.05) is 20.2 Å². The summed E-state index contributed by atoms with van der Waals surface area (Å²) in [6.07, 6.45) is -0.616. The average molecular weight is 308 g/mol. The van der Waals surface area contributed by atoms with Crippen LogP contribution in [-0.4, -0.2) is 65.5 Å². The summed E-state index contributed by atoms with van der Waals surface area (Å²) in [6.45, 7) is 1.88. The van der Waals surface area contributed by atoms with E-state index in [1.807, 2.05) is 42.3 Å². The first kappa shape index (κ1) is 16.7. The number of rotatable bonds is 6. The second-order valence-corrected chi connectivity index (χ2v) is 5.70. The fraction of sp³-hybridized carbons (Fsp3) is 0.562. The lowest BCUT2D eigenvalue weighted by molar-refractivity contribution is -0.120. The molecule has 0 heterocycles. The third kappa shape index (κ3) is 3.97. The van der Waals surface area contributed by atoms with Crippen molar-refractivity contribution >= 4 is 5.91 Å². The van der Waals surface area contributed by atoms with Crippen molar-refractivity contribution in [2.24, 2.45) is 0 Å². The molecule has 0 unspecified atom stereocenters. The maximum absolute atomic E-state index is 11.4. The minimum atomic E-state index is -0.742. The monoisotopic (exact) mass is 308 g/mol. The first-order valence-corrected chi connectivity index (χ1v) is 7.51. The lowest BCUT2D eigenvalue weighted by Crippen LogP contribution is -2.52. The van der Waals surface area contributed by atoms with Gasteiger partial charge in [-0.1, -0.05) is 18.2 Å². The molecule has 2 rings (SSSR count). The zero-order chi connectivity index (χ0) is 16.1. The minimum Gasteiger partial charge on any atom is -0.488 e. The van der Waals surface area contributed by atoms with Crippen LogP contribution in [0.2, 0.25) is 0 Å².